The molecule has 1 aliphatic heterocycles. The molecule has 45 heavy (non-hydrogen) atoms. The van der Waals surface area contributed by atoms with E-state index >= 15 is 0 Å². The largest absolute Gasteiger partial charge is 0.484 e. The first kappa shape index (κ1) is 30.5. The van der Waals surface area contributed by atoms with Crippen molar-refractivity contribution in [2.75, 3.05) is 6.79 Å². The number of carbonyl (C=O) groups excluding carboxylic acids is 2. The Morgan fingerprint density at radius 1 is 1.13 bits per heavy atom. The molecular formula is C33H34F2N4O6. The number of aliphatic hydroxyl groups excluding tert-OH is 1. The van der Waals surface area contributed by atoms with Crippen molar-refractivity contribution < 1.29 is 37.7 Å². The lowest BCUT2D eigenvalue weighted by molar-refractivity contribution is -0.144. The number of aliphatic hydroxyl groups is 1. The average molecular weight is 621 g/mol. The van der Waals surface area contributed by atoms with Crippen molar-refractivity contribution in [1.29, 1.82) is 0 Å². The number of nitrogens with one attached hydrogen (secondary N) is 2. The molecule has 2 heterocycles. The number of hydrogen-bond donors (Lipinski definition) is 3. The van der Waals surface area contributed by atoms with Gasteiger partial charge in [0, 0.05) is 23.4 Å². The van der Waals surface area contributed by atoms with E-state index in [1.54, 1.807) is 60.3 Å². The highest BCUT2D eigenvalue weighted by atomic mass is 19.3. The van der Waals surface area contributed by atoms with Gasteiger partial charge in [-0.1, -0.05) is 18.2 Å². The number of nitrogens with zero attached hydrogens (tertiary/aromatic N) is 2. The Kier molecular flexibility index (Phi) is 8.43. The Balaban J connectivity index is 1.26. The van der Waals surface area contributed by atoms with E-state index in [2.05, 4.69) is 15.7 Å². The smallest absolute Gasteiger partial charge is 0.321 e. The summed E-state index contributed by atoms with van der Waals surface area (Å²) in [5.41, 5.74) is 3.33. The Bertz CT molecular complexity index is 1720. The fourth-order valence-corrected chi connectivity index (χ4v) is 5.70. The van der Waals surface area contributed by atoms with E-state index in [0.29, 0.717) is 48.3 Å². The van der Waals surface area contributed by atoms with Crippen molar-refractivity contribution in [3.63, 3.8) is 0 Å². The number of carbonyl (C=O) groups is 2. The van der Waals surface area contributed by atoms with Crippen molar-refractivity contribution in [3.8, 4) is 17.2 Å². The van der Waals surface area contributed by atoms with Gasteiger partial charge in [0.15, 0.2) is 6.79 Å². The molecule has 0 bridgehead atoms. The summed E-state index contributed by atoms with van der Waals surface area (Å²) in [6.45, 7) is 2.62. The lowest BCUT2D eigenvalue weighted by atomic mass is 10.00. The summed E-state index contributed by atoms with van der Waals surface area (Å²) in [5.74, 6) is -4.19. The molecule has 1 aliphatic carbocycles. The number of fused-ring (bicyclic) bond motifs is 2. The van der Waals surface area contributed by atoms with Crippen molar-refractivity contribution in [3.05, 3.63) is 83.6 Å². The van der Waals surface area contributed by atoms with Crippen molar-refractivity contribution >= 4 is 22.7 Å². The van der Waals surface area contributed by atoms with E-state index in [1.165, 1.54) is 0 Å². The Morgan fingerprint density at radius 2 is 1.98 bits per heavy atom. The molecule has 12 heteroatoms. The van der Waals surface area contributed by atoms with E-state index in [0.717, 1.165) is 29.3 Å². The minimum absolute atomic E-state index is 0.0915. The van der Waals surface area contributed by atoms with E-state index in [4.69, 9.17) is 14.2 Å². The summed E-state index contributed by atoms with van der Waals surface area (Å²) in [4.78, 5) is 25.1. The zero-order chi connectivity index (χ0) is 31.7. The maximum atomic E-state index is 13.8. The standard InChI is InChI=1S/C33H34F2N4O6/c1-19(37-32(42)33(2,34)35)30(20-9-10-22-17-43-18-44-29(22)15-20)45-25-11-12-27-23(14-25)16-36-39(27)24-6-3-5-21(13-24)31(41)38-26-7-4-8-28(26)40/h3,5-6,9-16,19,26,28,30,40H,4,7-8,17-18H2,1-2H3,(H,37,42)(H,38,41)/t19-,26-,28+,30-/m0/s1. The van der Waals surface area contributed by atoms with Gasteiger partial charge in [-0.25, -0.2) is 4.68 Å². The van der Waals surface area contributed by atoms with Crippen LogP contribution >= 0.6 is 0 Å². The number of hydrogen-bond acceptors (Lipinski definition) is 7. The number of rotatable bonds is 9. The second-order valence-corrected chi connectivity index (χ2v) is 11.6. The first-order valence-corrected chi connectivity index (χ1v) is 14.8. The minimum Gasteiger partial charge on any atom is -0.484 e. The average Bonchev–Trinajstić information content (AvgIpc) is 3.64. The van der Waals surface area contributed by atoms with Crippen LogP contribution in [0.4, 0.5) is 8.78 Å². The van der Waals surface area contributed by atoms with Crippen LogP contribution in [0.15, 0.2) is 66.9 Å². The van der Waals surface area contributed by atoms with Crippen molar-refractivity contribution in [1.82, 2.24) is 20.4 Å². The highest BCUT2D eigenvalue weighted by Crippen LogP contribution is 2.33. The zero-order valence-electron chi connectivity index (χ0n) is 24.8. The Labute approximate surface area is 258 Å². The van der Waals surface area contributed by atoms with Crippen LogP contribution in [-0.4, -0.2) is 57.6 Å². The molecule has 236 valence electrons. The monoisotopic (exact) mass is 620 g/mol. The molecule has 4 atom stereocenters. The van der Waals surface area contributed by atoms with Gasteiger partial charge in [-0.3, -0.25) is 9.59 Å². The predicted molar refractivity (Wildman–Crippen MR) is 161 cm³/mol. The molecule has 4 aromatic rings. The lowest BCUT2D eigenvalue weighted by Gasteiger charge is -2.28. The van der Waals surface area contributed by atoms with Gasteiger partial charge in [-0.15, -0.1) is 0 Å². The number of ether oxygens (including phenoxy) is 3. The Morgan fingerprint density at radius 3 is 2.76 bits per heavy atom. The molecular weight excluding hydrogens is 586 g/mol. The topological polar surface area (TPSA) is 124 Å². The minimum atomic E-state index is -3.56. The summed E-state index contributed by atoms with van der Waals surface area (Å²) in [6.07, 6.45) is 2.58. The summed E-state index contributed by atoms with van der Waals surface area (Å²) >= 11 is 0. The summed E-state index contributed by atoms with van der Waals surface area (Å²) in [6, 6.07) is 16.7. The van der Waals surface area contributed by atoms with E-state index in [1.807, 2.05) is 18.2 Å². The fraction of sp³-hybridized carbons (Fsp3) is 0.364. The molecule has 1 aromatic heterocycles. The highest BCUT2D eigenvalue weighted by molar-refractivity contribution is 5.95. The molecule has 0 unspecified atom stereocenters. The quantitative estimate of drug-likeness (QED) is 0.245. The maximum Gasteiger partial charge on any atom is 0.321 e. The number of alkyl halides is 2. The molecule has 2 amide bonds. The van der Waals surface area contributed by atoms with Crippen molar-refractivity contribution in [2.45, 2.75) is 69.9 Å². The molecule has 2 aliphatic rings. The molecule has 3 N–H and O–H groups in total. The SMILES string of the molecule is C[C@H](NC(=O)C(C)(F)F)[C@H](Oc1ccc2c(cnn2-c2cccc(C(=O)N[C@H]3CCC[C@H]3O)c2)c1)c1ccc2c(c1)OCOC2. The Hall–Kier alpha value is -4.55. The van der Waals surface area contributed by atoms with Crippen LogP contribution in [0.3, 0.4) is 0 Å². The second kappa shape index (κ2) is 12.4. The van der Waals surface area contributed by atoms with Crippen LogP contribution in [0.25, 0.3) is 16.6 Å². The summed E-state index contributed by atoms with van der Waals surface area (Å²) in [5, 5.41) is 20.7. The van der Waals surface area contributed by atoms with Crippen LogP contribution in [0, 0.1) is 0 Å². The predicted octanol–water partition coefficient (Wildman–Crippen LogP) is 4.82. The van der Waals surface area contributed by atoms with Gasteiger partial charge in [-0.05, 0) is 74.2 Å². The first-order valence-electron chi connectivity index (χ1n) is 14.8. The molecule has 0 radical (unpaired) electrons. The van der Waals surface area contributed by atoms with E-state index in [-0.39, 0.29) is 18.7 Å². The fourth-order valence-electron chi connectivity index (χ4n) is 5.70. The van der Waals surface area contributed by atoms with Crippen LogP contribution < -0.4 is 20.1 Å². The summed E-state index contributed by atoms with van der Waals surface area (Å²) < 4.78 is 46.5. The number of benzene rings is 3. The lowest BCUT2D eigenvalue weighted by Crippen LogP contribution is -2.46. The first-order chi connectivity index (χ1) is 21.6. The van der Waals surface area contributed by atoms with Gasteiger partial charge in [0.1, 0.15) is 17.6 Å². The molecule has 0 saturated heterocycles. The number of halogens is 2. The van der Waals surface area contributed by atoms with Gasteiger partial charge < -0.3 is 30.0 Å². The van der Waals surface area contributed by atoms with Gasteiger partial charge in [-0.2, -0.15) is 13.9 Å². The van der Waals surface area contributed by atoms with E-state index < -0.39 is 30.1 Å². The molecule has 0 spiro atoms. The molecule has 3 aromatic carbocycles. The van der Waals surface area contributed by atoms with Gasteiger partial charge >= 0.3 is 5.92 Å². The van der Waals surface area contributed by atoms with Crippen molar-refractivity contribution in [2.24, 2.45) is 0 Å². The molecule has 1 fully saturated rings. The van der Waals surface area contributed by atoms with Gasteiger partial charge in [0.2, 0.25) is 0 Å². The van der Waals surface area contributed by atoms with Crippen LogP contribution in [0.2, 0.25) is 0 Å². The van der Waals surface area contributed by atoms with E-state index in [9.17, 15) is 23.5 Å². The normalized spacial score (nSPS) is 19.3. The maximum absolute atomic E-state index is 13.8. The van der Waals surface area contributed by atoms with Gasteiger partial charge in [0.25, 0.3) is 11.8 Å². The highest BCUT2D eigenvalue weighted by Gasteiger charge is 2.35. The third-order valence-corrected chi connectivity index (χ3v) is 8.14. The third-order valence-electron chi connectivity index (χ3n) is 8.14. The number of aromatic nitrogens is 2. The zero-order valence-corrected chi connectivity index (χ0v) is 24.8. The summed E-state index contributed by atoms with van der Waals surface area (Å²) in [7, 11) is 0. The molecule has 10 nitrogen and oxygen atoms in total. The van der Waals surface area contributed by atoms with Crippen LogP contribution in [-0.2, 0) is 16.1 Å². The number of amides is 2. The van der Waals surface area contributed by atoms with Crippen LogP contribution in [0.5, 0.6) is 11.5 Å². The van der Waals surface area contributed by atoms with Gasteiger partial charge in [0.05, 0.1) is 42.2 Å². The third kappa shape index (κ3) is 6.62. The molecule has 1 saturated carbocycles. The second-order valence-electron chi connectivity index (χ2n) is 11.6. The molecule has 6 rings (SSSR count). The van der Waals surface area contributed by atoms with Crippen LogP contribution in [0.1, 0.15) is 60.7 Å².